The van der Waals surface area contributed by atoms with Crippen LogP contribution in [0.25, 0.3) is 0 Å². The highest BCUT2D eigenvalue weighted by molar-refractivity contribution is 5.73. The summed E-state index contributed by atoms with van der Waals surface area (Å²) in [7, 11) is 1.53. The lowest BCUT2D eigenvalue weighted by Crippen LogP contribution is -2.69. The molecule has 1 amide bonds. The summed E-state index contributed by atoms with van der Waals surface area (Å²) in [6.07, 6.45) is -10.9. The monoisotopic (exact) mass is 983 g/mol. The van der Waals surface area contributed by atoms with Crippen LogP contribution in [-0.4, -0.2) is 137 Å². The topological polar surface area (TPSA) is 158 Å². The number of benzene rings is 4. The lowest BCUT2D eigenvalue weighted by Gasteiger charge is -2.50. The second-order valence-electron chi connectivity index (χ2n) is 19.1. The average Bonchev–Trinajstić information content (AvgIpc) is 3.71. The van der Waals surface area contributed by atoms with Crippen molar-refractivity contribution in [2.24, 2.45) is 0 Å². The van der Waals surface area contributed by atoms with Gasteiger partial charge < -0.3 is 71.6 Å². The second-order valence-corrected chi connectivity index (χ2v) is 19.1. The predicted octanol–water partition coefficient (Wildman–Crippen LogP) is 6.40. The Balaban J connectivity index is 1.08. The number of hydrogen-bond donors (Lipinski definition) is 1. The van der Waals surface area contributed by atoms with Crippen LogP contribution in [0.1, 0.15) is 56.4 Å². The molecule has 0 saturated carbocycles. The van der Waals surface area contributed by atoms with E-state index in [1.165, 1.54) is 14.0 Å². The SMILES string of the molecule is CO[C@@H]1O[C@H](COCc2ccccc2)[C@H]2O[C@H]3O[C@H](COCCCO[C@@H]2[C@H]1NC(C)=O)[C@@H]1OC(C)(C)O[C@@H]1[C@H]3O[C@@H]1O[C@@H](C)[C@@H](OCc2ccccc2)[C@@H](OCc2ccccc2)[C@@H]1OCc1ccccc1. The van der Waals surface area contributed by atoms with Gasteiger partial charge in [0.2, 0.25) is 5.91 Å². The van der Waals surface area contributed by atoms with Gasteiger partial charge >= 0.3 is 0 Å². The van der Waals surface area contributed by atoms with E-state index >= 15 is 0 Å². The van der Waals surface area contributed by atoms with Gasteiger partial charge in [-0.25, -0.2) is 0 Å². The summed E-state index contributed by atoms with van der Waals surface area (Å²) >= 11 is 0. The Hall–Kier alpha value is -4.21. The lowest BCUT2D eigenvalue weighted by atomic mass is 9.94. The molecule has 0 spiro atoms. The first-order chi connectivity index (χ1) is 34.6. The van der Waals surface area contributed by atoms with E-state index in [9.17, 15) is 4.79 Å². The van der Waals surface area contributed by atoms with Gasteiger partial charge in [0.15, 0.2) is 24.7 Å². The molecule has 9 rings (SSSR count). The Morgan fingerprint density at radius 1 is 0.620 bits per heavy atom. The molecule has 16 heteroatoms. The highest BCUT2D eigenvalue weighted by Crippen LogP contribution is 2.43. The van der Waals surface area contributed by atoms with Crippen molar-refractivity contribution in [3.8, 4) is 0 Å². The number of ether oxygens (including phenoxy) is 14. The summed E-state index contributed by atoms with van der Waals surface area (Å²) in [5.74, 6) is -1.34. The van der Waals surface area contributed by atoms with Crippen LogP contribution in [0, 0.1) is 0 Å². The highest BCUT2D eigenvalue weighted by Gasteiger charge is 2.60. The number of fused-ring (bicyclic) bond motifs is 5. The Morgan fingerprint density at radius 3 is 1.77 bits per heavy atom. The Labute approximate surface area is 416 Å². The molecule has 15 atom stereocenters. The Kier molecular flexibility index (Phi) is 18.0. The van der Waals surface area contributed by atoms with Crippen LogP contribution < -0.4 is 5.32 Å². The zero-order valence-corrected chi connectivity index (χ0v) is 41.2. The van der Waals surface area contributed by atoms with E-state index in [-0.39, 0.29) is 38.9 Å². The molecular formula is C55H69NO15. The molecular weight excluding hydrogens is 915 g/mol. The molecule has 16 nitrogen and oxygen atoms in total. The average molecular weight is 984 g/mol. The van der Waals surface area contributed by atoms with Crippen molar-refractivity contribution in [3.05, 3.63) is 144 Å². The van der Waals surface area contributed by atoms with Gasteiger partial charge in [-0.05, 0) is 49.4 Å². The maximum atomic E-state index is 12.9. The molecule has 71 heavy (non-hydrogen) atoms. The van der Waals surface area contributed by atoms with Gasteiger partial charge in [-0.1, -0.05) is 121 Å². The number of carbonyl (C=O) groups excluding carboxylic acids is 1. The van der Waals surface area contributed by atoms with Gasteiger partial charge in [-0.3, -0.25) is 4.79 Å². The molecule has 0 radical (unpaired) electrons. The van der Waals surface area contributed by atoms with E-state index in [0.717, 1.165) is 22.3 Å². The van der Waals surface area contributed by atoms with Gasteiger partial charge in [-0.2, -0.15) is 0 Å². The number of rotatable bonds is 17. The molecule has 0 aliphatic carbocycles. The number of hydrogen-bond acceptors (Lipinski definition) is 15. The van der Waals surface area contributed by atoms with Crippen molar-refractivity contribution < 1.29 is 71.1 Å². The van der Waals surface area contributed by atoms with Crippen molar-refractivity contribution >= 4 is 5.91 Å². The third-order valence-electron chi connectivity index (χ3n) is 13.3. The van der Waals surface area contributed by atoms with E-state index in [1.807, 2.05) is 142 Å². The molecule has 0 unspecified atom stereocenters. The molecule has 5 heterocycles. The number of carbonyl (C=O) groups is 1. The molecule has 2 bridgehead atoms. The summed E-state index contributed by atoms with van der Waals surface area (Å²) in [5, 5.41) is 3.02. The molecule has 5 aliphatic heterocycles. The van der Waals surface area contributed by atoms with Gasteiger partial charge in [0.05, 0.1) is 45.7 Å². The van der Waals surface area contributed by atoms with Crippen molar-refractivity contribution in [1.29, 1.82) is 0 Å². The molecule has 0 aromatic heterocycles. The fraction of sp³-hybridized carbons (Fsp3) is 0.545. The first-order valence-corrected chi connectivity index (χ1v) is 24.8. The summed E-state index contributed by atoms with van der Waals surface area (Å²) in [6, 6.07) is 39.0. The minimum atomic E-state index is -1.18. The van der Waals surface area contributed by atoms with Crippen LogP contribution >= 0.6 is 0 Å². The third-order valence-corrected chi connectivity index (χ3v) is 13.3. The normalized spacial score (nSPS) is 34.0. The van der Waals surface area contributed by atoms with Crippen LogP contribution in [0.15, 0.2) is 121 Å². The van der Waals surface area contributed by atoms with Crippen LogP contribution in [0.5, 0.6) is 0 Å². The molecule has 1 N–H and O–H groups in total. The third kappa shape index (κ3) is 13.3. The number of amides is 1. The standard InChI is InChI=1S/C55H69NO15/c1-35-44(62-30-38-21-12-7-13-22-38)48(63-31-39-23-14-8-15-24-39)50(64-32-40-25-16-9-17-26-40)53(65-35)69-51-49-46(70-55(3,4)71-49)42-33-59-27-18-28-61-47-43(56-36(2)57)52(58-5)66-41(45(47)68-54(51)67-42)34-60-29-37-19-10-6-11-20-37/h6-17,19-26,35,41-54H,18,27-34H2,1-5H3,(H,56,57)/t35-,41+,42+,43+,44+,45+,46-,47+,48+,49-,50-,51+,52+,53-,54+/m0/s1. The summed E-state index contributed by atoms with van der Waals surface area (Å²) in [4.78, 5) is 12.9. The molecule has 4 aromatic carbocycles. The van der Waals surface area contributed by atoms with Crippen LogP contribution in [0.4, 0.5) is 0 Å². The fourth-order valence-corrected chi connectivity index (χ4v) is 9.95. The van der Waals surface area contributed by atoms with E-state index in [1.54, 1.807) is 0 Å². The van der Waals surface area contributed by atoms with Crippen LogP contribution in [0.3, 0.4) is 0 Å². The first-order valence-electron chi connectivity index (χ1n) is 24.8. The smallest absolute Gasteiger partial charge is 0.217 e. The lowest BCUT2D eigenvalue weighted by molar-refractivity contribution is -0.383. The molecule has 4 aromatic rings. The second kappa shape index (κ2) is 24.7. The van der Waals surface area contributed by atoms with E-state index in [2.05, 4.69) is 5.32 Å². The quantitative estimate of drug-likeness (QED) is 0.124. The molecule has 384 valence electrons. The van der Waals surface area contributed by atoms with Crippen LogP contribution in [0.2, 0.25) is 0 Å². The van der Waals surface area contributed by atoms with Crippen molar-refractivity contribution in [2.45, 2.75) is 158 Å². The summed E-state index contributed by atoms with van der Waals surface area (Å²) < 4.78 is 94.4. The van der Waals surface area contributed by atoms with E-state index in [4.69, 9.17) is 66.3 Å². The van der Waals surface area contributed by atoms with E-state index < -0.39 is 97.8 Å². The first kappa shape index (κ1) is 51.7. The largest absolute Gasteiger partial charge is 0.379 e. The van der Waals surface area contributed by atoms with Crippen LogP contribution in [-0.2, 0) is 97.5 Å². The van der Waals surface area contributed by atoms with Gasteiger partial charge in [-0.15, -0.1) is 0 Å². The van der Waals surface area contributed by atoms with Gasteiger partial charge in [0.1, 0.15) is 67.1 Å². The molecule has 5 aliphatic rings. The Morgan fingerprint density at radius 2 is 1.18 bits per heavy atom. The van der Waals surface area contributed by atoms with Crippen molar-refractivity contribution in [2.75, 3.05) is 33.5 Å². The van der Waals surface area contributed by atoms with Crippen molar-refractivity contribution in [1.82, 2.24) is 5.32 Å². The van der Waals surface area contributed by atoms with Gasteiger partial charge in [0, 0.05) is 27.2 Å². The Bertz CT molecular complexity index is 2210. The number of methoxy groups -OCH3 is 1. The number of nitrogens with one attached hydrogen (secondary N) is 1. The maximum Gasteiger partial charge on any atom is 0.217 e. The summed E-state index contributed by atoms with van der Waals surface area (Å²) in [5.41, 5.74) is 3.91. The van der Waals surface area contributed by atoms with E-state index in [0.29, 0.717) is 26.2 Å². The highest BCUT2D eigenvalue weighted by atomic mass is 16.8. The summed E-state index contributed by atoms with van der Waals surface area (Å²) in [6.45, 7) is 9.14. The zero-order chi connectivity index (χ0) is 49.2. The van der Waals surface area contributed by atoms with Gasteiger partial charge in [0.25, 0.3) is 0 Å². The maximum absolute atomic E-state index is 12.9. The molecule has 5 saturated heterocycles. The molecule has 5 fully saturated rings. The van der Waals surface area contributed by atoms with Crippen molar-refractivity contribution in [3.63, 3.8) is 0 Å². The minimum Gasteiger partial charge on any atom is -0.379 e. The zero-order valence-electron chi connectivity index (χ0n) is 41.2. The minimum absolute atomic E-state index is 0.0823. The fourth-order valence-electron chi connectivity index (χ4n) is 9.95. The predicted molar refractivity (Wildman–Crippen MR) is 256 cm³/mol.